The highest BCUT2D eigenvalue weighted by molar-refractivity contribution is 6.32. The zero-order chi connectivity index (χ0) is 20.6. The van der Waals surface area contributed by atoms with Crippen molar-refractivity contribution in [3.8, 4) is 5.75 Å². The predicted octanol–water partition coefficient (Wildman–Crippen LogP) is 5.99. The lowest BCUT2D eigenvalue weighted by Crippen LogP contribution is -2.52. The topological polar surface area (TPSA) is 41.6 Å². The molecule has 1 spiro atoms. The van der Waals surface area contributed by atoms with Crippen LogP contribution in [0.4, 0.5) is 14.9 Å². The minimum atomic E-state index is -0.332. The molecular weight excluding hydrogens is 391 g/mol. The lowest BCUT2D eigenvalue weighted by atomic mass is 9.83. The number of aryl methyl sites for hydroxylation is 1. The Kier molecular flexibility index (Phi) is 5.43. The van der Waals surface area contributed by atoms with E-state index in [-0.39, 0.29) is 17.4 Å². The van der Waals surface area contributed by atoms with Crippen molar-refractivity contribution in [2.45, 2.75) is 51.0 Å². The molecule has 1 saturated heterocycles. The third kappa shape index (κ3) is 4.20. The SMILES string of the molecule is CC(C)c1ccc(NC(=O)N2CCC3(CCc4cc(F)cc(Cl)c4O3)CC2)cc1. The summed E-state index contributed by atoms with van der Waals surface area (Å²) in [6, 6.07) is 10.7. The molecule has 154 valence electrons. The first-order valence-corrected chi connectivity index (χ1v) is 10.6. The average molecular weight is 417 g/mol. The Morgan fingerprint density at radius 1 is 1.17 bits per heavy atom. The van der Waals surface area contributed by atoms with E-state index in [4.69, 9.17) is 16.3 Å². The highest BCUT2D eigenvalue weighted by Crippen LogP contribution is 2.43. The highest BCUT2D eigenvalue weighted by Gasteiger charge is 2.41. The quantitative estimate of drug-likeness (QED) is 0.652. The molecule has 2 aromatic carbocycles. The Hall–Kier alpha value is -2.27. The van der Waals surface area contributed by atoms with Gasteiger partial charge in [-0.05, 0) is 54.2 Å². The van der Waals surface area contributed by atoms with E-state index in [9.17, 15) is 9.18 Å². The molecule has 2 aliphatic heterocycles. The number of carbonyl (C=O) groups is 1. The number of benzene rings is 2. The molecule has 2 amide bonds. The molecule has 2 heterocycles. The normalized spacial score (nSPS) is 17.8. The maximum Gasteiger partial charge on any atom is 0.321 e. The summed E-state index contributed by atoms with van der Waals surface area (Å²) < 4.78 is 19.8. The highest BCUT2D eigenvalue weighted by atomic mass is 35.5. The third-order valence-corrected chi connectivity index (χ3v) is 6.33. The number of hydrogen-bond donors (Lipinski definition) is 1. The Balaban J connectivity index is 1.37. The van der Waals surface area contributed by atoms with E-state index >= 15 is 0 Å². The molecule has 4 nitrogen and oxygen atoms in total. The fraction of sp³-hybridized carbons (Fsp3) is 0.435. The van der Waals surface area contributed by atoms with Crippen molar-refractivity contribution in [1.29, 1.82) is 0 Å². The molecule has 0 aromatic heterocycles. The molecule has 0 aliphatic carbocycles. The number of fused-ring (bicyclic) bond motifs is 1. The van der Waals surface area contributed by atoms with E-state index < -0.39 is 0 Å². The smallest absolute Gasteiger partial charge is 0.321 e. The average Bonchev–Trinajstić information content (AvgIpc) is 2.70. The summed E-state index contributed by atoms with van der Waals surface area (Å²) in [5.74, 6) is 0.729. The number of halogens is 2. The van der Waals surface area contributed by atoms with Gasteiger partial charge in [0.05, 0.1) is 5.02 Å². The standard InChI is InChI=1S/C23H26ClFN2O2/c1-15(2)16-3-5-19(6-4-16)26-22(28)27-11-9-23(10-12-27)8-7-17-13-18(25)14-20(24)21(17)29-23/h3-6,13-15H,7-12H2,1-2H3,(H,26,28). The van der Waals surface area contributed by atoms with Crippen LogP contribution < -0.4 is 10.1 Å². The number of urea groups is 1. The number of ether oxygens (including phenoxy) is 1. The van der Waals surface area contributed by atoms with Gasteiger partial charge in [0.25, 0.3) is 0 Å². The van der Waals surface area contributed by atoms with E-state index in [0.717, 1.165) is 36.9 Å². The summed E-state index contributed by atoms with van der Waals surface area (Å²) in [4.78, 5) is 14.5. The van der Waals surface area contributed by atoms with Gasteiger partial charge in [-0.15, -0.1) is 0 Å². The molecule has 2 aliphatic rings. The van der Waals surface area contributed by atoms with Crippen LogP contribution in [0.3, 0.4) is 0 Å². The number of rotatable bonds is 2. The molecule has 6 heteroatoms. The van der Waals surface area contributed by atoms with Crippen LogP contribution in [0.15, 0.2) is 36.4 Å². The Labute approximate surface area is 176 Å². The molecule has 1 N–H and O–H groups in total. The van der Waals surface area contributed by atoms with Crippen LogP contribution >= 0.6 is 11.6 Å². The van der Waals surface area contributed by atoms with Crippen molar-refractivity contribution in [2.75, 3.05) is 18.4 Å². The van der Waals surface area contributed by atoms with Gasteiger partial charge >= 0.3 is 6.03 Å². The second kappa shape index (κ2) is 7.86. The lowest BCUT2D eigenvalue weighted by Gasteiger charge is -2.44. The number of likely N-dealkylation sites (tertiary alicyclic amines) is 1. The van der Waals surface area contributed by atoms with E-state index in [1.54, 1.807) is 0 Å². The fourth-order valence-corrected chi connectivity index (χ4v) is 4.43. The molecule has 0 atom stereocenters. The fourth-order valence-electron chi connectivity index (χ4n) is 4.17. The number of nitrogens with one attached hydrogen (secondary N) is 1. The molecule has 29 heavy (non-hydrogen) atoms. The molecule has 0 radical (unpaired) electrons. The Bertz CT molecular complexity index is 906. The first-order valence-electron chi connectivity index (χ1n) is 10.2. The first-order chi connectivity index (χ1) is 13.8. The van der Waals surface area contributed by atoms with Crippen LogP contribution in [0.1, 0.15) is 50.2 Å². The van der Waals surface area contributed by atoms with Crippen LogP contribution in [0.25, 0.3) is 0 Å². The maximum atomic E-state index is 13.6. The molecule has 0 bridgehead atoms. The Morgan fingerprint density at radius 3 is 2.52 bits per heavy atom. The van der Waals surface area contributed by atoms with Crippen LogP contribution in [-0.4, -0.2) is 29.6 Å². The first kappa shape index (κ1) is 20.0. The molecular formula is C23H26ClFN2O2. The minimum absolute atomic E-state index is 0.0894. The van der Waals surface area contributed by atoms with E-state index in [1.165, 1.54) is 17.7 Å². The molecule has 0 unspecified atom stereocenters. The summed E-state index contributed by atoms with van der Waals surface area (Å²) >= 11 is 6.21. The zero-order valence-electron chi connectivity index (χ0n) is 16.8. The van der Waals surface area contributed by atoms with Crippen LogP contribution in [-0.2, 0) is 6.42 Å². The number of nitrogens with zero attached hydrogens (tertiary/aromatic N) is 1. The van der Waals surface area contributed by atoms with Gasteiger partial charge in [-0.1, -0.05) is 37.6 Å². The number of piperidine rings is 1. The number of carbonyl (C=O) groups excluding carboxylic acids is 1. The molecule has 1 fully saturated rings. The van der Waals surface area contributed by atoms with Crippen molar-refractivity contribution >= 4 is 23.3 Å². The summed E-state index contributed by atoms with van der Waals surface area (Å²) in [5.41, 5.74) is 2.54. The van der Waals surface area contributed by atoms with Gasteiger partial charge in [-0.3, -0.25) is 0 Å². The van der Waals surface area contributed by atoms with Gasteiger partial charge in [0.1, 0.15) is 17.2 Å². The second-order valence-electron chi connectivity index (χ2n) is 8.35. The predicted molar refractivity (Wildman–Crippen MR) is 113 cm³/mol. The molecule has 4 rings (SSSR count). The minimum Gasteiger partial charge on any atom is -0.485 e. The van der Waals surface area contributed by atoms with E-state index in [0.29, 0.717) is 29.8 Å². The van der Waals surface area contributed by atoms with Gasteiger partial charge in [0, 0.05) is 31.6 Å². The van der Waals surface area contributed by atoms with Crippen LogP contribution in [0, 0.1) is 5.82 Å². The van der Waals surface area contributed by atoms with Crippen LogP contribution in [0.5, 0.6) is 5.75 Å². The largest absolute Gasteiger partial charge is 0.485 e. The molecule has 0 saturated carbocycles. The van der Waals surface area contributed by atoms with Gasteiger partial charge < -0.3 is 15.0 Å². The second-order valence-corrected chi connectivity index (χ2v) is 8.76. The molecule has 2 aromatic rings. The lowest BCUT2D eigenvalue weighted by molar-refractivity contribution is -0.00439. The number of anilines is 1. The maximum absolute atomic E-state index is 13.6. The van der Waals surface area contributed by atoms with Crippen molar-refractivity contribution in [2.24, 2.45) is 0 Å². The monoisotopic (exact) mass is 416 g/mol. The van der Waals surface area contributed by atoms with Crippen molar-refractivity contribution in [3.05, 3.63) is 58.4 Å². The summed E-state index contributed by atoms with van der Waals surface area (Å²) in [6.07, 6.45) is 3.02. The van der Waals surface area contributed by atoms with Crippen molar-refractivity contribution in [3.63, 3.8) is 0 Å². The van der Waals surface area contributed by atoms with Gasteiger partial charge in [0.15, 0.2) is 0 Å². The third-order valence-electron chi connectivity index (χ3n) is 6.04. The summed E-state index contributed by atoms with van der Waals surface area (Å²) in [5, 5.41) is 3.31. The van der Waals surface area contributed by atoms with Gasteiger partial charge in [-0.25, -0.2) is 9.18 Å². The summed E-state index contributed by atoms with van der Waals surface area (Å²) in [7, 11) is 0. The number of amides is 2. The van der Waals surface area contributed by atoms with Gasteiger partial charge in [0.2, 0.25) is 0 Å². The Morgan fingerprint density at radius 2 is 1.86 bits per heavy atom. The van der Waals surface area contributed by atoms with Gasteiger partial charge in [-0.2, -0.15) is 0 Å². The van der Waals surface area contributed by atoms with Crippen molar-refractivity contribution < 1.29 is 13.9 Å². The van der Waals surface area contributed by atoms with E-state index in [1.807, 2.05) is 29.2 Å². The van der Waals surface area contributed by atoms with Crippen molar-refractivity contribution in [1.82, 2.24) is 4.90 Å². The van der Waals surface area contributed by atoms with Crippen LogP contribution in [0.2, 0.25) is 5.02 Å². The zero-order valence-corrected chi connectivity index (χ0v) is 17.6. The number of hydrogen-bond acceptors (Lipinski definition) is 2. The summed E-state index contributed by atoms with van der Waals surface area (Å²) in [6.45, 7) is 5.52. The van der Waals surface area contributed by atoms with E-state index in [2.05, 4.69) is 19.2 Å².